The normalized spacial score (nSPS) is 11.6. The number of hydrogen-bond acceptors (Lipinski definition) is 5. The van der Waals surface area contributed by atoms with Crippen molar-refractivity contribution in [1.82, 2.24) is 30.8 Å². The van der Waals surface area contributed by atoms with Crippen molar-refractivity contribution >= 4 is 22.1 Å². The van der Waals surface area contributed by atoms with E-state index in [4.69, 9.17) is 4.74 Å². The van der Waals surface area contributed by atoms with Crippen molar-refractivity contribution in [1.29, 1.82) is 0 Å². The number of nitrogens with zero attached hydrogens (tertiary/aromatic N) is 4. The van der Waals surface area contributed by atoms with E-state index >= 15 is 0 Å². The number of fused-ring (bicyclic) bond motifs is 2. The predicted molar refractivity (Wildman–Crippen MR) is 139 cm³/mol. The van der Waals surface area contributed by atoms with Crippen molar-refractivity contribution in [2.45, 2.75) is 66.7 Å². The maximum absolute atomic E-state index is 6.85. The summed E-state index contributed by atoms with van der Waals surface area (Å²) in [6.45, 7) is 11.0. The molecule has 0 aliphatic carbocycles. The van der Waals surface area contributed by atoms with Gasteiger partial charge in [0.05, 0.1) is 0 Å². The highest BCUT2D eigenvalue weighted by atomic mass is 16.5. The third-order valence-electron chi connectivity index (χ3n) is 7.33. The first-order valence-electron chi connectivity index (χ1n) is 12.4. The van der Waals surface area contributed by atoms with Crippen LogP contribution in [0, 0.1) is 27.7 Å². The molecule has 2 heterocycles. The summed E-state index contributed by atoms with van der Waals surface area (Å²) < 4.78 is 6.85. The van der Waals surface area contributed by atoms with Gasteiger partial charge in [-0.25, -0.2) is 0 Å². The molecule has 0 radical (unpaired) electrons. The topological polar surface area (TPSA) is 92.4 Å². The average molecular weight is 469 g/mol. The molecule has 35 heavy (non-hydrogen) atoms. The smallest absolute Gasteiger partial charge is 0.160 e. The largest absolute Gasteiger partial charge is 0.454 e. The molecule has 7 heteroatoms. The molecule has 0 saturated heterocycles. The molecule has 2 aromatic heterocycles. The summed E-state index contributed by atoms with van der Waals surface area (Å²) in [5, 5.41) is 22.6. The van der Waals surface area contributed by atoms with Crippen molar-refractivity contribution in [3.63, 3.8) is 0 Å². The number of rotatable bonds is 8. The molecule has 0 atom stereocenters. The van der Waals surface area contributed by atoms with E-state index in [1.165, 1.54) is 33.4 Å². The Morgan fingerprint density at radius 3 is 2.23 bits per heavy atom. The Kier molecular flexibility index (Phi) is 6.24. The maximum atomic E-state index is 6.85. The maximum Gasteiger partial charge on any atom is 0.160 e. The molecule has 5 rings (SSSR count). The summed E-state index contributed by atoms with van der Waals surface area (Å²) in [5.41, 5.74) is 12.1. The Bertz CT molecular complexity index is 1510. The van der Waals surface area contributed by atoms with Gasteiger partial charge in [0.1, 0.15) is 22.3 Å². The van der Waals surface area contributed by atoms with Crippen LogP contribution in [0.4, 0.5) is 0 Å². The zero-order valence-electron chi connectivity index (χ0n) is 21.1. The minimum absolute atomic E-state index is 0.770. The molecular weight excluding hydrogens is 436 g/mol. The van der Waals surface area contributed by atoms with Gasteiger partial charge in [-0.1, -0.05) is 25.5 Å². The highest BCUT2D eigenvalue weighted by Crippen LogP contribution is 2.40. The Morgan fingerprint density at radius 1 is 0.686 bits per heavy atom. The molecule has 0 fully saturated rings. The van der Waals surface area contributed by atoms with Crippen LogP contribution in [0.2, 0.25) is 0 Å². The minimum atomic E-state index is 0.770. The highest BCUT2D eigenvalue weighted by molar-refractivity contribution is 5.83. The van der Waals surface area contributed by atoms with Crippen LogP contribution in [0.3, 0.4) is 0 Å². The van der Waals surface area contributed by atoms with Crippen molar-refractivity contribution < 1.29 is 4.74 Å². The lowest BCUT2D eigenvalue weighted by Gasteiger charge is -2.22. The van der Waals surface area contributed by atoms with Crippen molar-refractivity contribution in [2.75, 3.05) is 0 Å². The van der Waals surface area contributed by atoms with Crippen molar-refractivity contribution in [3.05, 3.63) is 69.3 Å². The molecule has 0 amide bonds. The van der Waals surface area contributed by atoms with Crippen LogP contribution in [-0.2, 0) is 19.3 Å². The zero-order chi connectivity index (χ0) is 24.5. The van der Waals surface area contributed by atoms with E-state index in [1.807, 2.05) is 12.1 Å². The van der Waals surface area contributed by atoms with E-state index in [0.717, 1.165) is 71.2 Å². The lowest BCUT2D eigenvalue weighted by molar-refractivity contribution is 0.467. The molecule has 3 aromatic carbocycles. The van der Waals surface area contributed by atoms with Gasteiger partial charge in [-0.15, -0.1) is 0 Å². The van der Waals surface area contributed by atoms with Gasteiger partial charge in [0, 0.05) is 0 Å². The first-order valence-corrected chi connectivity index (χ1v) is 12.4. The summed E-state index contributed by atoms with van der Waals surface area (Å²) in [5.74, 6) is 1.77. The molecule has 0 bridgehead atoms. The Morgan fingerprint density at radius 2 is 1.40 bits per heavy atom. The standard InChI is InChI=1S/C28H32N6O/c1-6-7-8-22-18(4)16(2)17(3)19(5)27(22)35-28-21(12-14-24-26(28)32-34-30-24)11-9-20-10-13-23-25(15-20)31-33-29-23/h10,12-15H,6-9,11H2,1-5H3,(H,29,31,33)(H,30,32,34). The van der Waals surface area contributed by atoms with E-state index in [1.54, 1.807) is 0 Å². The van der Waals surface area contributed by atoms with E-state index in [2.05, 4.69) is 83.6 Å². The fraction of sp³-hybridized carbons (Fsp3) is 0.357. The number of aromatic nitrogens is 6. The van der Waals surface area contributed by atoms with Gasteiger partial charge < -0.3 is 4.74 Å². The zero-order valence-corrected chi connectivity index (χ0v) is 21.1. The third kappa shape index (κ3) is 4.27. The van der Waals surface area contributed by atoms with Crippen LogP contribution < -0.4 is 4.74 Å². The monoisotopic (exact) mass is 468 g/mol. The lowest BCUT2D eigenvalue weighted by atomic mass is 9.90. The van der Waals surface area contributed by atoms with Gasteiger partial charge in [0.25, 0.3) is 0 Å². The second kappa shape index (κ2) is 9.49. The summed E-state index contributed by atoms with van der Waals surface area (Å²) in [6, 6.07) is 10.3. The molecule has 0 unspecified atom stereocenters. The second-order valence-corrected chi connectivity index (χ2v) is 9.41. The number of benzene rings is 3. The summed E-state index contributed by atoms with van der Waals surface area (Å²) in [7, 11) is 0. The van der Waals surface area contributed by atoms with E-state index in [0.29, 0.717) is 0 Å². The van der Waals surface area contributed by atoms with Gasteiger partial charge in [-0.05, 0) is 111 Å². The van der Waals surface area contributed by atoms with Crippen LogP contribution >= 0.6 is 0 Å². The van der Waals surface area contributed by atoms with Crippen molar-refractivity contribution in [3.8, 4) is 11.5 Å². The number of aryl methyl sites for hydroxylation is 2. The number of aromatic amines is 2. The molecule has 180 valence electrons. The first kappa shape index (κ1) is 23.0. The van der Waals surface area contributed by atoms with E-state index in [9.17, 15) is 0 Å². The molecule has 2 N–H and O–H groups in total. The number of ether oxygens (including phenoxy) is 1. The van der Waals surface area contributed by atoms with Crippen LogP contribution in [0.15, 0.2) is 30.3 Å². The van der Waals surface area contributed by atoms with Gasteiger partial charge in [0.15, 0.2) is 11.3 Å². The molecule has 0 spiro atoms. The van der Waals surface area contributed by atoms with Gasteiger partial charge in [-0.3, -0.25) is 0 Å². The van der Waals surface area contributed by atoms with Crippen molar-refractivity contribution in [2.24, 2.45) is 0 Å². The summed E-state index contributed by atoms with van der Waals surface area (Å²) >= 11 is 0. The summed E-state index contributed by atoms with van der Waals surface area (Å²) in [4.78, 5) is 0. The number of H-pyrrole nitrogens is 2. The minimum Gasteiger partial charge on any atom is -0.454 e. The number of unbranched alkanes of at least 4 members (excludes halogenated alkanes) is 1. The molecule has 5 aromatic rings. The molecular formula is C28H32N6O. The number of nitrogens with one attached hydrogen (secondary N) is 2. The van der Waals surface area contributed by atoms with Crippen LogP contribution in [0.25, 0.3) is 22.1 Å². The SMILES string of the molecule is CCCCc1c(C)c(C)c(C)c(C)c1Oc1c(CCc2ccc3n[nH]nc3c2)ccc2n[nH]nc12. The molecule has 0 saturated carbocycles. The summed E-state index contributed by atoms with van der Waals surface area (Å²) in [6.07, 6.45) is 4.95. The van der Waals surface area contributed by atoms with E-state index < -0.39 is 0 Å². The van der Waals surface area contributed by atoms with Crippen LogP contribution in [-0.4, -0.2) is 30.8 Å². The highest BCUT2D eigenvalue weighted by Gasteiger charge is 2.20. The molecule has 0 aliphatic rings. The Labute approximate surface area is 205 Å². The fourth-order valence-corrected chi connectivity index (χ4v) is 4.81. The average Bonchev–Trinajstić information content (AvgIpc) is 3.54. The van der Waals surface area contributed by atoms with E-state index in [-0.39, 0.29) is 0 Å². The molecule has 0 aliphatic heterocycles. The Hall–Kier alpha value is -3.74. The first-order chi connectivity index (χ1) is 17.0. The molecule has 7 nitrogen and oxygen atoms in total. The van der Waals surface area contributed by atoms with Crippen LogP contribution in [0.1, 0.15) is 58.7 Å². The predicted octanol–water partition coefficient (Wildman–Crippen LogP) is 6.38. The lowest BCUT2D eigenvalue weighted by Crippen LogP contribution is -2.05. The Balaban J connectivity index is 1.55. The van der Waals surface area contributed by atoms with Gasteiger partial charge >= 0.3 is 0 Å². The fourth-order valence-electron chi connectivity index (χ4n) is 4.81. The van der Waals surface area contributed by atoms with Gasteiger partial charge in [0.2, 0.25) is 0 Å². The van der Waals surface area contributed by atoms with Crippen LogP contribution in [0.5, 0.6) is 11.5 Å². The number of hydrogen-bond donors (Lipinski definition) is 2. The second-order valence-electron chi connectivity index (χ2n) is 9.41. The van der Waals surface area contributed by atoms with Gasteiger partial charge in [-0.2, -0.15) is 30.8 Å². The quantitative estimate of drug-likeness (QED) is 0.275. The third-order valence-corrected chi connectivity index (χ3v) is 7.33.